The maximum atomic E-state index is 10.4. The van der Waals surface area contributed by atoms with E-state index in [2.05, 4.69) is 45.9 Å². The van der Waals surface area contributed by atoms with Crippen LogP contribution in [0.1, 0.15) is 56.7 Å². The van der Waals surface area contributed by atoms with E-state index < -0.39 is 0 Å². The lowest BCUT2D eigenvalue weighted by atomic mass is 9.49. The van der Waals surface area contributed by atoms with Crippen molar-refractivity contribution in [1.82, 2.24) is 0 Å². The Morgan fingerprint density at radius 2 is 1.89 bits per heavy atom. The van der Waals surface area contributed by atoms with Crippen LogP contribution < -0.4 is 0 Å². The average molecular weight is 258 g/mol. The van der Waals surface area contributed by atoms with E-state index in [0.29, 0.717) is 5.92 Å². The van der Waals surface area contributed by atoms with Gasteiger partial charge in [-0.15, -0.1) is 0 Å². The molecule has 2 aliphatic rings. The largest absolute Gasteiger partial charge is 0.393 e. The fraction of sp³-hybridized carbons (Fsp3) is 0.667. The summed E-state index contributed by atoms with van der Waals surface area (Å²) in [5.41, 5.74) is 4.75. The van der Waals surface area contributed by atoms with Crippen molar-refractivity contribution >= 4 is 0 Å². The second-order valence-corrected chi connectivity index (χ2v) is 7.55. The van der Waals surface area contributed by atoms with Gasteiger partial charge in [0.1, 0.15) is 0 Å². The van der Waals surface area contributed by atoms with E-state index in [1.165, 1.54) is 24.0 Å². The summed E-state index contributed by atoms with van der Waals surface area (Å²) in [5.74, 6) is 0.595. The Bertz CT molecular complexity index is 502. The molecule has 0 unspecified atom stereocenters. The predicted molar refractivity (Wildman–Crippen MR) is 79.4 cm³/mol. The fourth-order valence-electron chi connectivity index (χ4n) is 4.79. The van der Waals surface area contributed by atoms with Gasteiger partial charge >= 0.3 is 0 Å². The van der Waals surface area contributed by atoms with Gasteiger partial charge in [0.15, 0.2) is 0 Å². The highest BCUT2D eigenvalue weighted by Crippen LogP contribution is 2.57. The monoisotopic (exact) mass is 258 g/mol. The van der Waals surface area contributed by atoms with Crippen molar-refractivity contribution in [1.29, 1.82) is 0 Å². The molecule has 2 aliphatic carbocycles. The van der Waals surface area contributed by atoms with Gasteiger partial charge in [0, 0.05) is 0 Å². The Kier molecular flexibility index (Phi) is 2.83. The topological polar surface area (TPSA) is 20.2 Å². The van der Waals surface area contributed by atoms with Crippen LogP contribution in [-0.4, -0.2) is 11.2 Å². The number of hydrogen-bond donors (Lipinski definition) is 1. The molecule has 3 rings (SSSR count). The summed E-state index contributed by atoms with van der Waals surface area (Å²) >= 11 is 0. The second kappa shape index (κ2) is 4.09. The summed E-state index contributed by atoms with van der Waals surface area (Å²) in [7, 11) is 0. The lowest BCUT2D eigenvalue weighted by Gasteiger charge is -2.56. The molecule has 19 heavy (non-hydrogen) atoms. The van der Waals surface area contributed by atoms with Gasteiger partial charge in [0.2, 0.25) is 0 Å². The number of aliphatic hydroxyl groups is 1. The quantitative estimate of drug-likeness (QED) is 0.746. The van der Waals surface area contributed by atoms with E-state index in [-0.39, 0.29) is 16.9 Å². The molecule has 0 heterocycles. The Labute approximate surface area is 117 Å². The zero-order chi connectivity index (χ0) is 13.8. The molecular formula is C18H26O. The molecule has 0 aliphatic heterocycles. The Morgan fingerprint density at radius 3 is 2.63 bits per heavy atom. The van der Waals surface area contributed by atoms with E-state index in [1.54, 1.807) is 5.56 Å². The van der Waals surface area contributed by atoms with Crippen LogP contribution in [0, 0.1) is 18.3 Å². The van der Waals surface area contributed by atoms with Gasteiger partial charge < -0.3 is 5.11 Å². The summed E-state index contributed by atoms with van der Waals surface area (Å²) in [5, 5.41) is 10.4. The molecule has 1 aromatic rings. The molecule has 3 atom stereocenters. The predicted octanol–water partition coefficient (Wildman–Crippen LogP) is 4.00. The molecule has 1 nitrogen and oxygen atoms in total. The van der Waals surface area contributed by atoms with Crippen LogP contribution in [0.5, 0.6) is 0 Å². The molecular weight excluding hydrogens is 232 g/mol. The average Bonchev–Trinajstić information content (AvgIpc) is 2.35. The highest BCUT2D eigenvalue weighted by molar-refractivity contribution is 5.41. The zero-order valence-electron chi connectivity index (χ0n) is 12.7. The fourth-order valence-corrected chi connectivity index (χ4v) is 4.79. The zero-order valence-corrected chi connectivity index (χ0v) is 12.7. The van der Waals surface area contributed by atoms with Gasteiger partial charge in [-0.1, -0.05) is 44.5 Å². The van der Waals surface area contributed by atoms with Crippen molar-refractivity contribution in [3.63, 3.8) is 0 Å². The lowest BCUT2D eigenvalue weighted by molar-refractivity contribution is -0.0730. The summed E-state index contributed by atoms with van der Waals surface area (Å²) < 4.78 is 0. The molecule has 1 heteroatoms. The first-order valence-corrected chi connectivity index (χ1v) is 7.64. The Hall–Kier alpha value is -0.820. The van der Waals surface area contributed by atoms with Gasteiger partial charge in [0.25, 0.3) is 0 Å². The Balaban J connectivity index is 2.12. The molecule has 1 aromatic carbocycles. The van der Waals surface area contributed by atoms with Crippen LogP contribution >= 0.6 is 0 Å². The van der Waals surface area contributed by atoms with E-state index in [0.717, 1.165) is 12.8 Å². The van der Waals surface area contributed by atoms with E-state index >= 15 is 0 Å². The summed E-state index contributed by atoms with van der Waals surface area (Å²) in [6.07, 6.45) is 4.31. The van der Waals surface area contributed by atoms with Crippen LogP contribution in [0.4, 0.5) is 0 Å². The minimum atomic E-state index is -0.142. The number of aliphatic hydroxyl groups excluding tert-OH is 1. The van der Waals surface area contributed by atoms with Gasteiger partial charge in [0.05, 0.1) is 6.10 Å². The molecule has 1 N–H and O–H groups in total. The van der Waals surface area contributed by atoms with E-state index in [9.17, 15) is 5.11 Å². The smallest absolute Gasteiger partial charge is 0.0594 e. The van der Waals surface area contributed by atoms with Crippen LogP contribution in [0.3, 0.4) is 0 Å². The number of fused-ring (bicyclic) bond motifs is 3. The van der Waals surface area contributed by atoms with Crippen LogP contribution in [0.15, 0.2) is 18.2 Å². The van der Waals surface area contributed by atoms with Gasteiger partial charge in [-0.2, -0.15) is 0 Å². The highest BCUT2D eigenvalue weighted by atomic mass is 16.3. The number of aryl methyl sites for hydroxylation is 2. The maximum absolute atomic E-state index is 10.4. The summed E-state index contributed by atoms with van der Waals surface area (Å²) in [4.78, 5) is 0. The summed E-state index contributed by atoms with van der Waals surface area (Å²) in [6.45, 7) is 9.15. The molecule has 0 saturated heterocycles. The molecule has 104 valence electrons. The SMILES string of the molecule is Cc1ccc2c(c1)[C@@]1(C)CC[C@H](O)C(C)(C)[C@@H]1CC2. The first kappa shape index (κ1) is 13.2. The van der Waals surface area contributed by atoms with Crippen LogP contribution in [-0.2, 0) is 11.8 Å². The molecule has 0 aromatic heterocycles. The highest BCUT2D eigenvalue weighted by Gasteiger charge is 2.53. The van der Waals surface area contributed by atoms with E-state index in [1.807, 2.05) is 0 Å². The van der Waals surface area contributed by atoms with Crippen molar-refractivity contribution in [2.24, 2.45) is 11.3 Å². The molecule has 1 fully saturated rings. The minimum absolute atomic E-state index is 0.0361. The first-order chi connectivity index (χ1) is 8.85. The number of rotatable bonds is 0. The molecule has 1 saturated carbocycles. The first-order valence-electron chi connectivity index (χ1n) is 7.64. The number of hydrogen-bond acceptors (Lipinski definition) is 1. The molecule has 0 spiro atoms. The normalized spacial score (nSPS) is 36.5. The van der Waals surface area contributed by atoms with Crippen molar-refractivity contribution in [2.75, 3.05) is 0 Å². The van der Waals surface area contributed by atoms with Crippen molar-refractivity contribution < 1.29 is 5.11 Å². The standard InChI is InChI=1S/C18H26O/c1-12-5-6-13-7-8-15-17(2,3)16(19)9-10-18(15,4)14(13)11-12/h5-6,11,15-16,19H,7-10H2,1-4H3/t15-,16-,18+/m0/s1. The summed E-state index contributed by atoms with van der Waals surface area (Å²) in [6, 6.07) is 6.96. The Morgan fingerprint density at radius 1 is 1.16 bits per heavy atom. The third kappa shape index (κ3) is 1.78. The van der Waals surface area contributed by atoms with Gasteiger partial charge in [-0.05, 0) is 60.5 Å². The molecule has 0 bridgehead atoms. The number of benzene rings is 1. The van der Waals surface area contributed by atoms with E-state index in [4.69, 9.17) is 0 Å². The third-order valence-electron chi connectivity index (χ3n) is 6.05. The lowest BCUT2D eigenvalue weighted by Crippen LogP contribution is -2.53. The van der Waals surface area contributed by atoms with Crippen molar-refractivity contribution in [2.45, 2.75) is 64.9 Å². The minimum Gasteiger partial charge on any atom is -0.393 e. The van der Waals surface area contributed by atoms with Crippen LogP contribution in [0.25, 0.3) is 0 Å². The molecule has 0 amide bonds. The molecule has 0 radical (unpaired) electrons. The third-order valence-corrected chi connectivity index (χ3v) is 6.05. The second-order valence-electron chi connectivity index (χ2n) is 7.55. The maximum Gasteiger partial charge on any atom is 0.0594 e. The van der Waals surface area contributed by atoms with Gasteiger partial charge in [-0.3, -0.25) is 0 Å². The van der Waals surface area contributed by atoms with Crippen molar-refractivity contribution in [3.8, 4) is 0 Å². The van der Waals surface area contributed by atoms with Crippen molar-refractivity contribution in [3.05, 3.63) is 34.9 Å². The van der Waals surface area contributed by atoms with Crippen LogP contribution in [0.2, 0.25) is 0 Å². The van der Waals surface area contributed by atoms with Gasteiger partial charge in [-0.25, -0.2) is 0 Å².